The number of rotatable bonds is 5. The topological polar surface area (TPSA) is 118 Å². The molecule has 0 heterocycles. The van der Waals surface area contributed by atoms with Crippen molar-refractivity contribution in [2.24, 2.45) is 5.73 Å². The molecule has 7 heteroatoms. The van der Waals surface area contributed by atoms with Crippen LogP contribution in [-0.4, -0.2) is 23.0 Å². The third-order valence-electron chi connectivity index (χ3n) is 2.24. The molecule has 6 N–H and O–H groups in total. The Labute approximate surface area is 109 Å². The van der Waals surface area contributed by atoms with Crippen molar-refractivity contribution in [3.8, 4) is 0 Å². The van der Waals surface area contributed by atoms with Crippen molar-refractivity contribution >= 4 is 34.9 Å². The molecule has 0 spiro atoms. The van der Waals surface area contributed by atoms with Gasteiger partial charge in [0.2, 0.25) is 5.91 Å². The number of benzene rings is 1. The van der Waals surface area contributed by atoms with Crippen molar-refractivity contribution in [3.05, 3.63) is 22.7 Å². The molecule has 6 nitrogen and oxygen atoms in total. The molecule has 0 aliphatic carbocycles. The number of anilines is 2. The first kappa shape index (κ1) is 14.1. The van der Waals surface area contributed by atoms with Gasteiger partial charge in [0.05, 0.1) is 16.3 Å². The lowest BCUT2D eigenvalue weighted by Crippen LogP contribution is -2.25. The Hall–Kier alpha value is -1.95. The molecule has 0 saturated heterocycles. The van der Waals surface area contributed by atoms with Gasteiger partial charge in [0, 0.05) is 18.2 Å². The summed E-state index contributed by atoms with van der Waals surface area (Å²) < 4.78 is 0. The largest absolute Gasteiger partial charge is 0.478 e. The number of carboxylic acid groups (broad SMARTS) is 1. The smallest absolute Gasteiger partial charge is 0.337 e. The van der Waals surface area contributed by atoms with Gasteiger partial charge in [-0.1, -0.05) is 11.6 Å². The monoisotopic (exact) mass is 271 g/mol. The zero-order valence-corrected chi connectivity index (χ0v) is 10.5. The minimum atomic E-state index is -1.15. The summed E-state index contributed by atoms with van der Waals surface area (Å²) in [7, 11) is 0. The zero-order chi connectivity index (χ0) is 13.9. The van der Waals surface area contributed by atoms with E-state index in [4.69, 9.17) is 28.2 Å². The van der Waals surface area contributed by atoms with E-state index in [0.717, 1.165) is 0 Å². The van der Waals surface area contributed by atoms with Crippen molar-refractivity contribution in [1.29, 1.82) is 0 Å². The molecule has 98 valence electrons. The summed E-state index contributed by atoms with van der Waals surface area (Å²) in [5.41, 5.74) is 11.0. The summed E-state index contributed by atoms with van der Waals surface area (Å²) in [4.78, 5) is 21.9. The van der Waals surface area contributed by atoms with E-state index >= 15 is 0 Å². The Bertz CT molecular complexity index is 491. The number of primary amides is 1. The van der Waals surface area contributed by atoms with Gasteiger partial charge in [-0.3, -0.25) is 4.79 Å². The first-order chi connectivity index (χ1) is 8.31. The van der Waals surface area contributed by atoms with E-state index in [2.05, 4.69) is 5.32 Å². The maximum absolute atomic E-state index is 11.1. The van der Waals surface area contributed by atoms with Gasteiger partial charge in [-0.05, 0) is 19.1 Å². The maximum atomic E-state index is 11.1. The molecule has 0 aliphatic rings. The van der Waals surface area contributed by atoms with Crippen LogP contribution in [0.25, 0.3) is 0 Å². The van der Waals surface area contributed by atoms with Gasteiger partial charge < -0.3 is 21.9 Å². The summed E-state index contributed by atoms with van der Waals surface area (Å²) in [5, 5.41) is 12.1. The maximum Gasteiger partial charge on any atom is 0.337 e. The summed E-state index contributed by atoms with van der Waals surface area (Å²) in [5.74, 6) is -1.64. The summed E-state index contributed by atoms with van der Waals surface area (Å²) >= 11 is 5.94. The lowest BCUT2D eigenvalue weighted by atomic mass is 10.1. The molecule has 0 radical (unpaired) electrons. The van der Waals surface area contributed by atoms with Gasteiger partial charge in [-0.15, -0.1) is 0 Å². The number of carbonyl (C=O) groups excluding carboxylic acids is 1. The Morgan fingerprint density at radius 2 is 2.11 bits per heavy atom. The fourth-order valence-corrected chi connectivity index (χ4v) is 1.82. The van der Waals surface area contributed by atoms with E-state index in [9.17, 15) is 9.59 Å². The van der Waals surface area contributed by atoms with Crippen molar-refractivity contribution in [3.63, 3.8) is 0 Å². The number of carbonyl (C=O) groups is 2. The van der Waals surface area contributed by atoms with Crippen molar-refractivity contribution < 1.29 is 14.7 Å². The second kappa shape index (κ2) is 5.59. The molecule has 0 aromatic heterocycles. The van der Waals surface area contributed by atoms with E-state index in [1.54, 1.807) is 6.92 Å². The number of nitrogens with two attached hydrogens (primary N) is 2. The average molecular weight is 272 g/mol. The molecular weight excluding hydrogens is 258 g/mol. The predicted molar refractivity (Wildman–Crippen MR) is 69.7 cm³/mol. The Kier molecular flexibility index (Phi) is 4.38. The lowest BCUT2D eigenvalue weighted by molar-refractivity contribution is -0.118. The number of halogens is 1. The predicted octanol–water partition coefficient (Wildman–Crippen LogP) is 1.30. The zero-order valence-electron chi connectivity index (χ0n) is 9.74. The van der Waals surface area contributed by atoms with Crippen LogP contribution in [0.5, 0.6) is 0 Å². The second-order valence-corrected chi connectivity index (χ2v) is 4.35. The van der Waals surface area contributed by atoms with E-state index in [1.165, 1.54) is 12.1 Å². The molecule has 0 saturated carbocycles. The van der Waals surface area contributed by atoms with Crippen LogP contribution in [0.15, 0.2) is 12.1 Å². The normalized spacial score (nSPS) is 11.9. The van der Waals surface area contributed by atoms with Gasteiger partial charge in [-0.25, -0.2) is 4.79 Å². The van der Waals surface area contributed by atoms with Gasteiger partial charge in [0.25, 0.3) is 0 Å². The van der Waals surface area contributed by atoms with Crippen molar-refractivity contribution in [2.45, 2.75) is 19.4 Å². The Morgan fingerprint density at radius 3 is 2.61 bits per heavy atom. The third kappa shape index (κ3) is 3.53. The summed E-state index contributed by atoms with van der Waals surface area (Å²) in [6.07, 6.45) is 0.0692. The quantitative estimate of drug-likeness (QED) is 0.602. The second-order valence-electron chi connectivity index (χ2n) is 3.95. The van der Waals surface area contributed by atoms with Crippen molar-refractivity contribution in [2.75, 3.05) is 11.1 Å². The SMILES string of the molecule is CC(CC(N)=O)Nc1c(Cl)cc(N)cc1C(=O)O. The Morgan fingerprint density at radius 1 is 1.50 bits per heavy atom. The summed E-state index contributed by atoms with van der Waals surface area (Å²) in [6.45, 7) is 1.70. The number of nitrogens with one attached hydrogen (secondary N) is 1. The van der Waals surface area contributed by atoms with E-state index < -0.39 is 11.9 Å². The molecular formula is C11H14ClN3O3. The molecule has 1 atom stereocenters. The van der Waals surface area contributed by atoms with Crippen LogP contribution < -0.4 is 16.8 Å². The Balaban J connectivity index is 3.07. The highest BCUT2D eigenvalue weighted by atomic mass is 35.5. The highest BCUT2D eigenvalue weighted by molar-refractivity contribution is 6.34. The lowest BCUT2D eigenvalue weighted by Gasteiger charge is -2.17. The van der Waals surface area contributed by atoms with E-state index in [1.807, 2.05) is 0 Å². The molecule has 1 amide bonds. The number of hydrogen-bond acceptors (Lipinski definition) is 4. The number of nitrogen functional groups attached to an aromatic ring is 1. The van der Waals surface area contributed by atoms with Crippen LogP contribution in [0.3, 0.4) is 0 Å². The minimum Gasteiger partial charge on any atom is -0.478 e. The fourth-order valence-electron chi connectivity index (χ4n) is 1.54. The highest BCUT2D eigenvalue weighted by Crippen LogP contribution is 2.30. The highest BCUT2D eigenvalue weighted by Gasteiger charge is 2.17. The summed E-state index contributed by atoms with van der Waals surface area (Å²) in [6, 6.07) is 2.41. The van der Waals surface area contributed by atoms with Gasteiger partial charge in [-0.2, -0.15) is 0 Å². The van der Waals surface area contributed by atoms with Gasteiger partial charge in [0.15, 0.2) is 0 Å². The van der Waals surface area contributed by atoms with Crippen LogP contribution in [0.4, 0.5) is 11.4 Å². The van der Waals surface area contributed by atoms with E-state index in [0.29, 0.717) is 0 Å². The van der Waals surface area contributed by atoms with Gasteiger partial charge in [0.1, 0.15) is 0 Å². The molecule has 1 unspecified atom stereocenters. The number of aromatic carboxylic acids is 1. The molecule has 1 rings (SSSR count). The molecule has 1 aromatic rings. The average Bonchev–Trinajstić information content (AvgIpc) is 2.20. The first-order valence-electron chi connectivity index (χ1n) is 5.18. The van der Waals surface area contributed by atoms with Crippen LogP contribution in [0.1, 0.15) is 23.7 Å². The van der Waals surface area contributed by atoms with Crippen LogP contribution in [-0.2, 0) is 4.79 Å². The molecule has 1 aromatic carbocycles. The third-order valence-corrected chi connectivity index (χ3v) is 2.54. The van der Waals surface area contributed by atoms with Gasteiger partial charge >= 0.3 is 5.97 Å². The number of amides is 1. The van der Waals surface area contributed by atoms with E-state index in [-0.39, 0.29) is 34.4 Å². The van der Waals surface area contributed by atoms with Crippen molar-refractivity contribution in [1.82, 2.24) is 0 Å². The molecule has 0 aliphatic heterocycles. The minimum absolute atomic E-state index is 0.0451. The fraction of sp³-hybridized carbons (Fsp3) is 0.273. The standard InChI is InChI=1S/C11H14ClN3O3/c1-5(2-9(14)16)15-10-7(11(17)18)3-6(13)4-8(10)12/h3-5,15H,2,13H2,1H3,(H2,14,16)(H,17,18). The first-order valence-corrected chi connectivity index (χ1v) is 5.56. The number of carboxylic acids is 1. The molecule has 0 fully saturated rings. The number of hydrogen-bond donors (Lipinski definition) is 4. The molecule has 0 bridgehead atoms. The van der Waals surface area contributed by atoms with Crippen LogP contribution >= 0.6 is 11.6 Å². The molecule has 18 heavy (non-hydrogen) atoms. The van der Waals surface area contributed by atoms with Crippen LogP contribution in [0, 0.1) is 0 Å². The van der Waals surface area contributed by atoms with Crippen LogP contribution in [0.2, 0.25) is 5.02 Å².